The molecule has 2 aromatic carbocycles. The Balaban J connectivity index is 1.72. The molecular weight excluding hydrogens is 395 g/mol. The highest BCUT2D eigenvalue weighted by molar-refractivity contribution is 5.90. The van der Waals surface area contributed by atoms with Crippen LogP contribution in [0.1, 0.15) is 55.4 Å². The molecule has 0 N–H and O–H groups in total. The third kappa shape index (κ3) is 5.87. The predicted octanol–water partition coefficient (Wildman–Crippen LogP) is 6.68. The average molecular weight is 424 g/mol. The van der Waals surface area contributed by atoms with E-state index in [0.717, 1.165) is 27.8 Å². The van der Waals surface area contributed by atoms with Gasteiger partial charge in [0.2, 0.25) is 0 Å². The number of hydrogen-bond acceptors (Lipinski definition) is 1. The van der Waals surface area contributed by atoms with Crippen LogP contribution in [0.5, 0.6) is 0 Å². The molecule has 2 heteroatoms. The van der Waals surface area contributed by atoms with E-state index >= 15 is 0 Å². The molecule has 0 saturated heterocycles. The fourth-order valence-corrected chi connectivity index (χ4v) is 4.14. The van der Waals surface area contributed by atoms with Crippen molar-refractivity contribution in [3.8, 4) is 24.7 Å². The van der Waals surface area contributed by atoms with Crippen LogP contribution in [0.4, 0.5) is 4.39 Å². The third-order valence-electron chi connectivity index (χ3n) is 6.13. The van der Waals surface area contributed by atoms with Crippen molar-refractivity contribution < 1.29 is 9.18 Å². The molecule has 2 aromatic rings. The third-order valence-corrected chi connectivity index (χ3v) is 6.13. The molecule has 161 valence electrons. The fraction of sp³-hybridized carbons (Fsp3) is 0.267. The standard InChI is InChI=1S/C30H28FO/c1-6-9-26(19-28(32)17-22-10-8-11-27(31)16-22)30(4,5)20-21(3)25-15-12-23(7-2)29(18-25)24-13-14-24/h1-2,8,10-16,18,26H,3,9,17,19-20H2,4-5H3. The molecule has 1 aliphatic rings. The van der Waals surface area contributed by atoms with Crippen molar-refractivity contribution in [1.82, 2.24) is 0 Å². The zero-order chi connectivity index (χ0) is 23.3. The van der Waals surface area contributed by atoms with Gasteiger partial charge in [-0.1, -0.05) is 50.6 Å². The summed E-state index contributed by atoms with van der Waals surface area (Å²) in [4.78, 5) is 12.8. The SMILES string of the molecule is C#CCC(CC(=O)Cc1cccc(F)c1)C(C)(C)CC(=C)c1ccc(C#C)c(C2=C[CH]2)c1. The van der Waals surface area contributed by atoms with E-state index in [0.29, 0.717) is 24.8 Å². The monoisotopic (exact) mass is 423 g/mol. The Morgan fingerprint density at radius 1 is 1.19 bits per heavy atom. The van der Waals surface area contributed by atoms with Crippen LogP contribution in [0.2, 0.25) is 0 Å². The summed E-state index contributed by atoms with van der Waals surface area (Å²) < 4.78 is 13.5. The van der Waals surface area contributed by atoms with Crippen molar-refractivity contribution in [3.63, 3.8) is 0 Å². The lowest BCUT2D eigenvalue weighted by Gasteiger charge is -2.34. The second-order valence-electron chi connectivity index (χ2n) is 9.12. The summed E-state index contributed by atoms with van der Waals surface area (Å²) in [7, 11) is 0. The van der Waals surface area contributed by atoms with E-state index in [1.54, 1.807) is 12.1 Å². The molecule has 0 fully saturated rings. The molecule has 0 aliphatic heterocycles. The second kappa shape index (κ2) is 9.84. The first-order valence-electron chi connectivity index (χ1n) is 10.8. The Morgan fingerprint density at radius 2 is 1.94 bits per heavy atom. The largest absolute Gasteiger partial charge is 0.299 e. The van der Waals surface area contributed by atoms with Gasteiger partial charge < -0.3 is 0 Å². The zero-order valence-electron chi connectivity index (χ0n) is 18.7. The van der Waals surface area contributed by atoms with E-state index in [1.165, 1.54) is 12.1 Å². The summed E-state index contributed by atoms with van der Waals surface area (Å²) in [6, 6.07) is 12.2. The van der Waals surface area contributed by atoms with Crippen LogP contribution in [-0.4, -0.2) is 5.78 Å². The molecule has 1 atom stereocenters. The fourth-order valence-electron chi connectivity index (χ4n) is 4.14. The minimum atomic E-state index is -0.332. The van der Waals surface area contributed by atoms with Gasteiger partial charge >= 0.3 is 0 Å². The minimum absolute atomic E-state index is 0.00534. The average Bonchev–Trinajstić information content (AvgIpc) is 3.58. The number of allylic oxidation sites excluding steroid dienone is 3. The summed E-state index contributed by atoms with van der Waals surface area (Å²) in [5.41, 5.74) is 5.55. The number of benzene rings is 2. The number of carbonyl (C=O) groups is 1. The molecule has 0 heterocycles. The smallest absolute Gasteiger partial charge is 0.137 e. The number of terminal acetylenes is 2. The zero-order valence-corrected chi connectivity index (χ0v) is 18.7. The molecule has 0 amide bonds. The first kappa shape index (κ1) is 23.3. The van der Waals surface area contributed by atoms with Gasteiger partial charge in [0, 0.05) is 31.2 Å². The van der Waals surface area contributed by atoms with E-state index in [2.05, 4.69) is 38.3 Å². The van der Waals surface area contributed by atoms with Gasteiger partial charge in [-0.05, 0) is 69.9 Å². The Bertz CT molecular complexity index is 1150. The van der Waals surface area contributed by atoms with Crippen LogP contribution in [0.25, 0.3) is 11.1 Å². The highest BCUT2D eigenvalue weighted by Gasteiger charge is 2.31. The van der Waals surface area contributed by atoms with Crippen LogP contribution in [-0.2, 0) is 11.2 Å². The number of carbonyl (C=O) groups excluding carboxylic acids is 1. The first-order chi connectivity index (χ1) is 15.2. The molecule has 1 aliphatic carbocycles. The number of hydrogen-bond donors (Lipinski definition) is 0. The normalized spacial score (nSPS) is 13.5. The van der Waals surface area contributed by atoms with E-state index < -0.39 is 0 Å². The molecule has 3 rings (SSSR count). The molecule has 0 aromatic heterocycles. The first-order valence-corrected chi connectivity index (χ1v) is 10.8. The maximum absolute atomic E-state index is 13.5. The Hall–Kier alpha value is -3.36. The van der Waals surface area contributed by atoms with Crippen LogP contribution < -0.4 is 0 Å². The van der Waals surface area contributed by atoms with Gasteiger partial charge in [-0.15, -0.1) is 18.8 Å². The van der Waals surface area contributed by atoms with Gasteiger partial charge in [-0.25, -0.2) is 4.39 Å². The molecule has 0 bridgehead atoms. The van der Waals surface area contributed by atoms with E-state index in [1.807, 2.05) is 24.6 Å². The molecule has 1 nitrogen and oxygen atoms in total. The van der Waals surface area contributed by atoms with E-state index in [4.69, 9.17) is 12.8 Å². The summed E-state index contributed by atoms with van der Waals surface area (Å²) >= 11 is 0. The number of Topliss-reactive ketones (excluding diaryl/α,β-unsaturated/α-hetero) is 1. The van der Waals surface area contributed by atoms with Crippen molar-refractivity contribution in [3.05, 3.63) is 89.6 Å². The molecule has 1 unspecified atom stereocenters. The Kier molecular flexibility index (Phi) is 7.17. The number of halogens is 1. The lowest BCUT2D eigenvalue weighted by atomic mass is 9.70. The highest BCUT2D eigenvalue weighted by Crippen LogP contribution is 2.41. The quantitative estimate of drug-likeness (QED) is 0.390. The molecule has 0 saturated carbocycles. The minimum Gasteiger partial charge on any atom is -0.299 e. The number of rotatable bonds is 10. The summed E-state index contributed by atoms with van der Waals surface area (Å²) in [5, 5.41) is 0. The maximum Gasteiger partial charge on any atom is 0.137 e. The van der Waals surface area contributed by atoms with Crippen molar-refractivity contribution >= 4 is 16.9 Å². The Labute approximate surface area is 191 Å². The molecule has 1 radical (unpaired) electrons. The Morgan fingerprint density at radius 3 is 2.56 bits per heavy atom. The summed E-state index contributed by atoms with van der Waals surface area (Å²) in [5.74, 6) is 5.20. The van der Waals surface area contributed by atoms with Crippen LogP contribution in [0, 0.1) is 48.3 Å². The van der Waals surface area contributed by atoms with Gasteiger partial charge in [0.1, 0.15) is 11.6 Å². The van der Waals surface area contributed by atoms with Crippen molar-refractivity contribution in [2.75, 3.05) is 0 Å². The lowest BCUT2D eigenvalue weighted by molar-refractivity contribution is -0.120. The van der Waals surface area contributed by atoms with Crippen LogP contribution >= 0.6 is 0 Å². The molecule has 0 spiro atoms. The van der Waals surface area contributed by atoms with Crippen molar-refractivity contribution in [2.24, 2.45) is 11.3 Å². The van der Waals surface area contributed by atoms with Gasteiger partial charge in [-0.2, -0.15) is 0 Å². The van der Waals surface area contributed by atoms with E-state index in [-0.39, 0.29) is 29.4 Å². The highest BCUT2D eigenvalue weighted by atomic mass is 19.1. The van der Waals surface area contributed by atoms with Gasteiger partial charge in [0.15, 0.2) is 0 Å². The van der Waals surface area contributed by atoms with Gasteiger partial charge in [0.25, 0.3) is 0 Å². The maximum atomic E-state index is 13.5. The topological polar surface area (TPSA) is 17.1 Å². The van der Waals surface area contributed by atoms with Crippen LogP contribution in [0.15, 0.2) is 55.1 Å². The molecular formula is C30H28FO. The summed E-state index contributed by atoms with van der Waals surface area (Å²) in [6.07, 6.45) is 17.1. The number of ketones is 1. The van der Waals surface area contributed by atoms with Gasteiger partial charge in [0.05, 0.1) is 0 Å². The second-order valence-corrected chi connectivity index (χ2v) is 9.12. The lowest BCUT2D eigenvalue weighted by Crippen LogP contribution is -2.27. The molecule has 32 heavy (non-hydrogen) atoms. The summed E-state index contributed by atoms with van der Waals surface area (Å²) in [6.45, 7) is 8.58. The van der Waals surface area contributed by atoms with Crippen molar-refractivity contribution in [2.45, 2.75) is 39.5 Å². The van der Waals surface area contributed by atoms with Crippen LogP contribution in [0.3, 0.4) is 0 Å². The van der Waals surface area contributed by atoms with Crippen molar-refractivity contribution in [1.29, 1.82) is 0 Å². The van der Waals surface area contributed by atoms with Gasteiger partial charge in [-0.3, -0.25) is 4.79 Å². The van der Waals surface area contributed by atoms with E-state index in [9.17, 15) is 9.18 Å². The predicted molar refractivity (Wildman–Crippen MR) is 131 cm³/mol.